The van der Waals surface area contributed by atoms with Crippen LogP contribution in [0.1, 0.15) is 5.56 Å². The molecule has 4 nitrogen and oxygen atoms in total. The highest BCUT2D eigenvalue weighted by molar-refractivity contribution is 6.31. The van der Waals surface area contributed by atoms with E-state index in [1.807, 2.05) is 0 Å². The number of nitrogens with one attached hydrogen (secondary N) is 1. The maximum atomic E-state index is 12.1. The monoisotopic (exact) mass is 332 g/mol. The van der Waals surface area contributed by atoms with Crippen LogP contribution in [0.15, 0.2) is 48.0 Å². The number of carbonyl (C=O) groups is 1. The summed E-state index contributed by atoms with van der Waals surface area (Å²) in [7, 11) is 0. The van der Waals surface area contributed by atoms with E-state index in [2.05, 4.69) is 5.32 Å². The van der Waals surface area contributed by atoms with Crippen molar-refractivity contribution < 1.29 is 9.90 Å². The van der Waals surface area contributed by atoms with E-state index >= 15 is 0 Å². The zero-order chi connectivity index (χ0) is 16.1. The van der Waals surface area contributed by atoms with Crippen LogP contribution in [0.5, 0.6) is 5.75 Å². The first-order valence-electron chi connectivity index (χ1n) is 6.17. The van der Waals surface area contributed by atoms with Crippen molar-refractivity contribution in [3.63, 3.8) is 0 Å². The molecule has 2 N–H and O–H groups in total. The lowest BCUT2D eigenvalue weighted by atomic mass is 10.1. The summed E-state index contributed by atoms with van der Waals surface area (Å²) in [6.07, 6.45) is 1.27. The highest BCUT2D eigenvalue weighted by atomic mass is 35.5. The van der Waals surface area contributed by atoms with E-state index in [9.17, 15) is 9.90 Å². The van der Waals surface area contributed by atoms with E-state index in [1.165, 1.54) is 24.3 Å². The van der Waals surface area contributed by atoms with E-state index in [4.69, 9.17) is 28.5 Å². The maximum absolute atomic E-state index is 12.1. The van der Waals surface area contributed by atoms with Crippen molar-refractivity contribution in [1.29, 1.82) is 5.26 Å². The van der Waals surface area contributed by atoms with Gasteiger partial charge >= 0.3 is 0 Å². The summed E-state index contributed by atoms with van der Waals surface area (Å²) in [4.78, 5) is 12.1. The quantitative estimate of drug-likeness (QED) is 0.652. The van der Waals surface area contributed by atoms with Crippen LogP contribution in [0.2, 0.25) is 10.0 Å². The lowest BCUT2D eigenvalue weighted by molar-refractivity contribution is -0.112. The molecule has 0 aliphatic rings. The molecule has 0 aliphatic carbocycles. The highest BCUT2D eigenvalue weighted by Gasteiger charge is 2.11. The molecule has 0 aliphatic heterocycles. The minimum atomic E-state index is -0.593. The molecule has 0 bridgehead atoms. The number of carbonyl (C=O) groups excluding carboxylic acids is 1. The Kier molecular flexibility index (Phi) is 5.05. The summed E-state index contributed by atoms with van der Waals surface area (Å²) in [6, 6.07) is 12.6. The van der Waals surface area contributed by atoms with Crippen LogP contribution in [-0.2, 0) is 4.79 Å². The summed E-state index contributed by atoms with van der Waals surface area (Å²) in [5, 5.41) is 22.3. The molecular formula is C16H10Cl2N2O2. The van der Waals surface area contributed by atoms with E-state index in [0.29, 0.717) is 15.7 Å². The second-order valence-corrected chi connectivity index (χ2v) is 5.21. The van der Waals surface area contributed by atoms with Crippen LogP contribution in [-0.4, -0.2) is 11.0 Å². The molecular weight excluding hydrogens is 323 g/mol. The first-order valence-corrected chi connectivity index (χ1v) is 6.92. The third-order valence-electron chi connectivity index (χ3n) is 2.76. The molecule has 6 heteroatoms. The van der Waals surface area contributed by atoms with Gasteiger partial charge in [-0.15, -0.1) is 0 Å². The molecule has 0 saturated heterocycles. The van der Waals surface area contributed by atoms with Crippen molar-refractivity contribution in [3.8, 4) is 11.8 Å². The number of phenolic OH excluding ortho intramolecular Hbond substituents is 1. The molecule has 22 heavy (non-hydrogen) atoms. The Morgan fingerprint density at radius 3 is 2.41 bits per heavy atom. The van der Waals surface area contributed by atoms with Gasteiger partial charge in [-0.05, 0) is 48.5 Å². The zero-order valence-electron chi connectivity index (χ0n) is 11.2. The van der Waals surface area contributed by atoms with Gasteiger partial charge in [0.2, 0.25) is 0 Å². The first kappa shape index (κ1) is 15.9. The molecule has 2 rings (SSSR count). The topological polar surface area (TPSA) is 73.1 Å². The first-order chi connectivity index (χ1) is 10.5. The smallest absolute Gasteiger partial charge is 0.266 e. The number of anilines is 1. The van der Waals surface area contributed by atoms with Crippen molar-refractivity contribution in [2.24, 2.45) is 0 Å². The van der Waals surface area contributed by atoms with Crippen molar-refractivity contribution in [3.05, 3.63) is 63.6 Å². The third-order valence-corrected chi connectivity index (χ3v) is 3.24. The molecule has 110 valence electrons. The van der Waals surface area contributed by atoms with Gasteiger partial charge < -0.3 is 10.4 Å². The second kappa shape index (κ2) is 6.99. The fraction of sp³-hybridized carbons (Fsp3) is 0. The Balaban J connectivity index is 2.25. The zero-order valence-corrected chi connectivity index (χ0v) is 12.7. The Bertz CT molecular complexity index is 778. The van der Waals surface area contributed by atoms with Crippen LogP contribution in [0, 0.1) is 11.3 Å². The number of halogens is 2. The van der Waals surface area contributed by atoms with E-state index < -0.39 is 5.91 Å². The summed E-state index contributed by atoms with van der Waals surface area (Å²) < 4.78 is 0. The van der Waals surface area contributed by atoms with Crippen LogP contribution >= 0.6 is 23.2 Å². The van der Waals surface area contributed by atoms with Gasteiger partial charge in [-0.1, -0.05) is 23.2 Å². The number of benzene rings is 2. The van der Waals surface area contributed by atoms with E-state index in [1.54, 1.807) is 30.3 Å². The SMILES string of the molecule is N#C/C(=C/c1cc(Cl)ccc1O)C(=O)Nc1ccc(Cl)cc1. The Hall–Kier alpha value is -2.48. The van der Waals surface area contributed by atoms with Gasteiger partial charge in [0.15, 0.2) is 0 Å². The fourth-order valence-electron chi connectivity index (χ4n) is 1.68. The van der Waals surface area contributed by atoms with E-state index in [0.717, 1.165) is 0 Å². The summed E-state index contributed by atoms with van der Waals surface area (Å²) >= 11 is 11.6. The number of nitrogens with zero attached hydrogens (tertiary/aromatic N) is 1. The number of rotatable bonds is 3. The van der Waals surface area contributed by atoms with Gasteiger partial charge in [-0.3, -0.25) is 4.79 Å². The molecule has 0 radical (unpaired) electrons. The summed E-state index contributed by atoms with van der Waals surface area (Å²) in [6.45, 7) is 0. The van der Waals surface area contributed by atoms with Gasteiger partial charge in [-0.25, -0.2) is 0 Å². The summed E-state index contributed by atoms with van der Waals surface area (Å²) in [5.41, 5.74) is 0.633. The minimum Gasteiger partial charge on any atom is -0.507 e. The lowest BCUT2D eigenvalue weighted by Crippen LogP contribution is -2.13. The van der Waals surface area contributed by atoms with E-state index in [-0.39, 0.29) is 16.9 Å². The van der Waals surface area contributed by atoms with Crippen molar-refractivity contribution in [1.82, 2.24) is 0 Å². The number of nitriles is 1. The van der Waals surface area contributed by atoms with Gasteiger partial charge in [-0.2, -0.15) is 5.26 Å². The molecule has 2 aromatic rings. The Labute approximate surface area is 137 Å². The average molecular weight is 333 g/mol. The van der Waals surface area contributed by atoms with Crippen molar-refractivity contribution >= 4 is 40.9 Å². The molecule has 1 amide bonds. The molecule has 0 heterocycles. The minimum absolute atomic E-state index is 0.0727. The normalized spacial score (nSPS) is 10.9. The molecule has 0 unspecified atom stereocenters. The van der Waals surface area contributed by atoms with Gasteiger partial charge in [0, 0.05) is 21.3 Å². The molecule has 0 saturated carbocycles. The predicted molar refractivity (Wildman–Crippen MR) is 86.8 cm³/mol. The Morgan fingerprint density at radius 1 is 1.14 bits per heavy atom. The molecule has 0 aromatic heterocycles. The number of amides is 1. The van der Waals surface area contributed by atoms with Gasteiger partial charge in [0.1, 0.15) is 17.4 Å². The van der Waals surface area contributed by atoms with Crippen molar-refractivity contribution in [2.45, 2.75) is 0 Å². The maximum Gasteiger partial charge on any atom is 0.266 e. The molecule has 0 atom stereocenters. The van der Waals surface area contributed by atoms with Gasteiger partial charge in [0.25, 0.3) is 5.91 Å². The second-order valence-electron chi connectivity index (χ2n) is 4.33. The van der Waals surface area contributed by atoms with Crippen LogP contribution in [0.3, 0.4) is 0 Å². The van der Waals surface area contributed by atoms with Crippen LogP contribution in [0.4, 0.5) is 5.69 Å². The third kappa shape index (κ3) is 4.01. The number of hydrogen-bond acceptors (Lipinski definition) is 3. The number of phenols is 1. The van der Waals surface area contributed by atoms with Gasteiger partial charge in [0.05, 0.1) is 0 Å². The van der Waals surface area contributed by atoms with Crippen LogP contribution < -0.4 is 5.32 Å². The standard InChI is InChI=1S/C16H10Cl2N2O2/c17-12-1-4-14(5-2-12)20-16(22)11(9-19)7-10-8-13(18)3-6-15(10)21/h1-8,21H,(H,20,22)/b11-7-. The fourth-order valence-corrected chi connectivity index (χ4v) is 1.98. The number of aromatic hydroxyl groups is 1. The molecule has 0 fully saturated rings. The number of hydrogen-bond donors (Lipinski definition) is 2. The lowest BCUT2D eigenvalue weighted by Gasteiger charge is -2.05. The Morgan fingerprint density at radius 2 is 1.77 bits per heavy atom. The molecule has 2 aromatic carbocycles. The molecule has 0 spiro atoms. The summed E-state index contributed by atoms with van der Waals surface area (Å²) in [5.74, 6) is -0.666. The largest absolute Gasteiger partial charge is 0.507 e. The average Bonchev–Trinajstić information content (AvgIpc) is 2.50. The van der Waals surface area contributed by atoms with Crippen molar-refractivity contribution in [2.75, 3.05) is 5.32 Å². The highest BCUT2D eigenvalue weighted by Crippen LogP contribution is 2.24. The predicted octanol–water partition coefficient (Wildman–Crippen LogP) is 4.24. The van der Waals surface area contributed by atoms with Crippen LogP contribution in [0.25, 0.3) is 6.08 Å².